The SMILES string of the molecule is O=C(NCCO)c1cncc(-c2ccc(Cl)cc2)c1. The molecule has 2 rings (SSSR count). The van der Waals surface area contributed by atoms with Gasteiger partial charge < -0.3 is 10.4 Å². The Morgan fingerprint density at radius 1 is 1.21 bits per heavy atom. The summed E-state index contributed by atoms with van der Waals surface area (Å²) in [7, 11) is 0. The Hall–Kier alpha value is -1.91. The van der Waals surface area contributed by atoms with E-state index < -0.39 is 0 Å². The summed E-state index contributed by atoms with van der Waals surface area (Å²) in [5.74, 6) is -0.252. The van der Waals surface area contributed by atoms with Crippen molar-refractivity contribution >= 4 is 17.5 Å². The smallest absolute Gasteiger partial charge is 0.252 e. The van der Waals surface area contributed by atoms with Gasteiger partial charge in [-0.2, -0.15) is 0 Å². The third-order valence-corrected chi connectivity index (χ3v) is 2.83. The molecule has 1 aromatic heterocycles. The van der Waals surface area contributed by atoms with Crippen molar-refractivity contribution in [3.05, 3.63) is 53.3 Å². The van der Waals surface area contributed by atoms with Crippen LogP contribution in [0, 0.1) is 0 Å². The standard InChI is InChI=1S/C14H13ClN2O2/c15-13-3-1-10(2-4-13)11-7-12(9-16-8-11)14(19)17-5-6-18/h1-4,7-9,18H,5-6H2,(H,17,19). The molecule has 0 saturated carbocycles. The molecule has 2 N–H and O–H groups in total. The lowest BCUT2D eigenvalue weighted by atomic mass is 10.1. The second-order valence-corrected chi connectivity index (χ2v) is 4.39. The molecule has 0 saturated heterocycles. The zero-order chi connectivity index (χ0) is 13.7. The minimum atomic E-state index is -0.252. The van der Waals surface area contributed by atoms with Gasteiger partial charge in [0.05, 0.1) is 12.2 Å². The van der Waals surface area contributed by atoms with Crippen molar-refractivity contribution in [2.45, 2.75) is 0 Å². The molecule has 0 aliphatic heterocycles. The summed E-state index contributed by atoms with van der Waals surface area (Å²) in [6.07, 6.45) is 3.18. The predicted molar refractivity (Wildman–Crippen MR) is 74.1 cm³/mol. The van der Waals surface area contributed by atoms with Crippen molar-refractivity contribution in [3.63, 3.8) is 0 Å². The quantitative estimate of drug-likeness (QED) is 0.899. The van der Waals surface area contributed by atoms with Gasteiger partial charge in [0.15, 0.2) is 0 Å². The molecule has 19 heavy (non-hydrogen) atoms. The highest BCUT2D eigenvalue weighted by Gasteiger charge is 2.07. The van der Waals surface area contributed by atoms with Crippen LogP contribution >= 0.6 is 11.6 Å². The predicted octanol–water partition coefficient (Wildman–Crippen LogP) is 2.12. The van der Waals surface area contributed by atoms with Crippen LogP contribution in [0.4, 0.5) is 0 Å². The largest absolute Gasteiger partial charge is 0.395 e. The van der Waals surface area contributed by atoms with Gasteiger partial charge in [0.1, 0.15) is 0 Å². The number of hydrogen-bond acceptors (Lipinski definition) is 3. The van der Waals surface area contributed by atoms with Crippen molar-refractivity contribution < 1.29 is 9.90 Å². The molecule has 1 aromatic carbocycles. The van der Waals surface area contributed by atoms with Gasteiger partial charge in [-0.05, 0) is 23.8 Å². The number of halogens is 1. The molecule has 0 fully saturated rings. The van der Waals surface area contributed by atoms with Gasteiger partial charge in [-0.1, -0.05) is 23.7 Å². The molecule has 1 heterocycles. The molecular formula is C14H13ClN2O2. The van der Waals surface area contributed by atoms with Crippen LogP contribution in [0.3, 0.4) is 0 Å². The van der Waals surface area contributed by atoms with Crippen molar-refractivity contribution in [2.75, 3.05) is 13.2 Å². The second kappa shape index (κ2) is 6.31. The Morgan fingerprint density at radius 3 is 2.63 bits per heavy atom. The third kappa shape index (κ3) is 3.53. The summed E-state index contributed by atoms with van der Waals surface area (Å²) in [6, 6.07) is 9.07. The fraction of sp³-hybridized carbons (Fsp3) is 0.143. The maximum absolute atomic E-state index is 11.8. The average Bonchev–Trinajstić information content (AvgIpc) is 2.45. The first-order chi connectivity index (χ1) is 9.20. The number of nitrogens with one attached hydrogen (secondary N) is 1. The Balaban J connectivity index is 2.24. The molecule has 1 amide bonds. The number of aliphatic hydroxyl groups is 1. The first kappa shape index (κ1) is 13.5. The van der Waals surface area contributed by atoms with E-state index in [0.29, 0.717) is 10.6 Å². The fourth-order valence-corrected chi connectivity index (χ4v) is 1.76. The number of aliphatic hydroxyl groups excluding tert-OH is 1. The van der Waals surface area contributed by atoms with E-state index in [0.717, 1.165) is 11.1 Å². The van der Waals surface area contributed by atoms with Crippen LogP contribution in [0.25, 0.3) is 11.1 Å². The van der Waals surface area contributed by atoms with E-state index in [2.05, 4.69) is 10.3 Å². The normalized spacial score (nSPS) is 10.2. The van der Waals surface area contributed by atoms with Gasteiger partial charge in [0, 0.05) is 29.5 Å². The van der Waals surface area contributed by atoms with Crippen LogP contribution in [-0.2, 0) is 0 Å². The van der Waals surface area contributed by atoms with Gasteiger partial charge in [0.25, 0.3) is 5.91 Å². The molecule has 0 bridgehead atoms. The minimum Gasteiger partial charge on any atom is -0.395 e. The fourth-order valence-electron chi connectivity index (χ4n) is 1.64. The summed E-state index contributed by atoms with van der Waals surface area (Å²) in [5, 5.41) is 11.9. The number of carbonyl (C=O) groups is 1. The number of rotatable bonds is 4. The number of nitrogens with zero attached hydrogens (tertiary/aromatic N) is 1. The van der Waals surface area contributed by atoms with Crippen molar-refractivity contribution in [2.24, 2.45) is 0 Å². The molecule has 5 heteroatoms. The number of carbonyl (C=O) groups excluding carboxylic acids is 1. The van der Waals surface area contributed by atoms with Crippen LogP contribution in [0.5, 0.6) is 0 Å². The van der Waals surface area contributed by atoms with Crippen LogP contribution < -0.4 is 5.32 Å². The van der Waals surface area contributed by atoms with E-state index in [-0.39, 0.29) is 19.1 Å². The molecule has 0 atom stereocenters. The molecule has 0 spiro atoms. The highest BCUT2D eigenvalue weighted by molar-refractivity contribution is 6.30. The molecule has 2 aromatic rings. The van der Waals surface area contributed by atoms with E-state index in [4.69, 9.17) is 16.7 Å². The van der Waals surface area contributed by atoms with Crippen LogP contribution in [-0.4, -0.2) is 29.1 Å². The van der Waals surface area contributed by atoms with Crippen LogP contribution in [0.1, 0.15) is 10.4 Å². The lowest BCUT2D eigenvalue weighted by molar-refractivity contribution is 0.0944. The van der Waals surface area contributed by atoms with Crippen LogP contribution in [0.15, 0.2) is 42.7 Å². The monoisotopic (exact) mass is 276 g/mol. The molecule has 0 aliphatic rings. The third-order valence-electron chi connectivity index (χ3n) is 2.58. The minimum absolute atomic E-state index is 0.0873. The Labute approximate surface area is 116 Å². The number of amides is 1. The second-order valence-electron chi connectivity index (χ2n) is 3.95. The molecule has 4 nitrogen and oxygen atoms in total. The van der Waals surface area contributed by atoms with Crippen molar-refractivity contribution in [1.29, 1.82) is 0 Å². The number of hydrogen-bond donors (Lipinski definition) is 2. The van der Waals surface area contributed by atoms with E-state index in [1.807, 2.05) is 12.1 Å². The van der Waals surface area contributed by atoms with E-state index in [1.54, 1.807) is 24.4 Å². The first-order valence-corrected chi connectivity index (χ1v) is 6.18. The molecule has 0 aliphatic carbocycles. The van der Waals surface area contributed by atoms with Gasteiger partial charge in [0.2, 0.25) is 0 Å². The lowest BCUT2D eigenvalue weighted by Gasteiger charge is -2.05. The van der Waals surface area contributed by atoms with Crippen molar-refractivity contribution in [3.8, 4) is 11.1 Å². The Morgan fingerprint density at radius 2 is 1.95 bits per heavy atom. The maximum atomic E-state index is 11.8. The molecule has 0 radical (unpaired) electrons. The highest BCUT2D eigenvalue weighted by atomic mass is 35.5. The van der Waals surface area contributed by atoms with Crippen molar-refractivity contribution in [1.82, 2.24) is 10.3 Å². The van der Waals surface area contributed by atoms with Gasteiger partial charge >= 0.3 is 0 Å². The van der Waals surface area contributed by atoms with Gasteiger partial charge in [-0.15, -0.1) is 0 Å². The van der Waals surface area contributed by atoms with Gasteiger partial charge in [-0.25, -0.2) is 0 Å². The van der Waals surface area contributed by atoms with E-state index >= 15 is 0 Å². The number of aromatic nitrogens is 1. The molecular weight excluding hydrogens is 264 g/mol. The zero-order valence-electron chi connectivity index (χ0n) is 10.1. The van der Waals surface area contributed by atoms with E-state index in [9.17, 15) is 4.79 Å². The molecule has 98 valence electrons. The molecule has 0 unspecified atom stereocenters. The Kier molecular flexibility index (Phi) is 4.49. The summed E-state index contributed by atoms with van der Waals surface area (Å²) >= 11 is 5.83. The summed E-state index contributed by atoms with van der Waals surface area (Å²) in [4.78, 5) is 15.8. The summed E-state index contributed by atoms with van der Waals surface area (Å²) < 4.78 is 0. The maximum Gasteiger partial charge on any atom is 0.252 e. The highest BCUT2D eigenvalue weighted by Crippen LogP contribution is 2.21. The topological polar surface area (TPSA) is 62.2 Å². The lowest BCUT2D eigenvalue weighted by Crippen LogP contribution is -2.26. The zero-order valence-corrected chi connectivity index (χ0v) is 10.9. The number of benzene rings is 1. The van der Waals surface area contributed by atoms with Gasteiger partial charge in [-0.3, -0.25) is 9.78 Å². The first-order valence-electron chi connectivity index (χ1n) is 5.81. The summed E-state index contributed by atoms with van der Waals surface area (Å²) in [6.45, 7) is 0.139. The van der Waals surface area contributed by atoms with E-state index in [1.165, 1.54) is 6.20 Å². The summed E-state index contributed by atoms with van der Waals surface area (Å²) in [5.41, 5.74) is 2.24. The average molecular weight is 277 g/mol. The number of pyridine rings is 1. The Bertz CT molecular complexity index is 570. The van der Waals surface area contributed by atoms with Crippen LogP contribution in [0.2, 0.25) is 5.02 Å².